The van der Waals surface area contributed by atoms with E-state index in [0.29, 0.717) is 23.1 Å². The van der Waals surface area contributed by atoms with Gasteiger partial charge in [0.2, 0.25) is 5.91 Å². The molecule has 0 bridgehead atoms. The fourth-order valence-electron chi connectivity index (χ4n) is 3.59. The highest BCUT2D eigenvalue weighted by Gasteiger charge is 2.35. The zero-order valence-electron chi connectivity index (χ0n) is 17.2. The molecule has 7 heteroatoms. The van der Waals surface area contributed by atoms with E-state index in [9.17, 15) is 19.2 Å². The molecule has 4 amide bonds. The van der Waals surface area contributed by atoms with Crippen molar-refractivity contribution >= 4 is 23.6 Å². The van der Waals surface area contributed by atoms with Gasteiger partial charge < -0.3 is 11.1 Å². The van der Waals surface area contributed by atoms with E-state index < -0.39 is 11.8 Å². The van der Waals surface area contributed by atoms with Crippen molar-refractivity contribution in [3.8, 4) is 0 Å². The van der Waals surface area contributed by atoms with Crippen LogP contribution in [0.25, 0.3) is 0 Å². The molecule has 3 aromatic rings. The number of hydrogen-bond donors (Lipinski definition) is 2. The molecule has 1 heterocycles. The van der Waals surface area contributed by atoms with Gasteiger partial charge >= 0.3 is 0 Å². The summed E-state index contributed by atoms with van der Waals surface area (Å²) in [6.07, 6.45) is 0.564. The second-order valence-corrected chi connectivity index (χ2v) is 7.50. The Kier molecular flexibility index (Phi) is 5.81. The van der Waals surface area contributed by atoms with Crippen LogP contribution in [0.5, 0.6) is 0 Å². The zero-order chi connectivity index (χ0) is 22.7. The van der Waals surface area contributed by atoms with Crippen LogP contribution in [-0.4, -0.2) is 35.1 Å². The molecule has 0 atom stereocenters. The molecule has 0 aromatic heterocycles. The average Bonchev–Trinajstić information content (AvgIpc) is 3.06. The van der Waals surface area contributed by atoms with E-state index in [-0.39, 0.29) is 30.5 Å². The van der Waals surface area contributed by atoms with Gasteiger partial charge in [0.1, 0.15) is 0 Å². The van der Waals surface area contributed by atoms with Crippen LogP contribution >= 0.6 is 0 Å². The molecule has 3 aromatic carbocycles. The van der Waals surface area contributed by atoms with Gasteiger partial charge in [-0.25, -0.2) is 0 Å². The third-order valence-corrected chi connectivity index (χ3v) is 5.39. The van der Waals surface area contributed by atoms with Gasteiger partial charge in [0.25, 0.3) is 17.7 Å². The molecule has 1 aliphatic heterocycles. The Hall–Kier alpha value is -4.26. The fourth-order valence-corrected chi connectivity index (χ4v) is 3.59. The lowest BCUT2D eigenvalue weighted by molar-refractivity contribution is 0.0655. The van der Waals surface area contributed by atoms with Gasteiger partial charge in [-0.15, -0.1) is 0 Å². The summed E-state index contributed by atoms with van der Waals surface area (Å²) in [7, 11) is 0. The summed E-state index contributed by atoms with van der Waals surface area (Å²) >= 11 is 0. The number of hydrogen-bond acceptors (Lipinski definition) is 4. The van der Waals surface area contributed by atoms with E-state index in [1.807, 2.05) is 30.3 Å². The molecule has 0 fully saturated rings. The van der Waals surface area contributed by atoms with Crippen molar-refractivity contribution in [1.82, 2.24) is 10.2 Å². The molecule has 3 N–H and O–H groups in total. The lowest BCUT2D eigenvalue weighted by atomic mass is 10.1. The maximum absolute atomic E-state index is 12.8. The predicted octanol–water partition coefficient (Wildman–Crippen LogP) is 2.55. The first-order valence-electron chi connectivity index (χ1n) is 10.1. The lowest BCUT2D eigenvalue weighted by Crippen LogP contribution is -2.31. The van der Waals surface area contributed by atoms with Gasteiger partial charge in [-0.3, -0.25) is 24.1 Å². The van der Waals surface area contributed by atoms with Gasteiger partial charge in [-0.1, -0.05) is 42.5 Å². The van der Waals surface area contributed by atoms with Crippen molar-refractivity contribution in [2.75, 3.05) is 6.54 Å². The molecule has 0 radical (unpaired) electrons. The molecule has 0 spiro atoms. The quantitative estimate of drug-likeness (QED) is 0.565. The molecule has 0 unspecified atom stereocenters. The highest BCUT2D eigenvalue weighted by molar-refractivity contribution is 6.22. The minimum Gasteiger partial charge on any atom is -0.366 e. The van der Waals surface area contributed by atoms with Crippen LogP contribution in [0.3, 0.4) is 0 Å². The van der Waals surface area contributed by atoms with Crippen LogP contribution in [0.1, 0.15) is 52.6 Å². The first kappa shape index (κ1) is 21.0. The highest BCUT2D eigenvalue weighted by Crippen LogP contribution is 2.24. The zero-order valence-corrected chi connectivity index (χ0v) is 17.2. The van der Waals surface area contributed by atoms with E-state index in [4.69, 9.17) is 5.73 Å². The smallest absolute Gasteiger partial charge is 0.261 e. The van der Waals surface area contributed by atoms with Crippen LogP contribution in [0.15, 0.2) is 72.8 Å². The molecule has 4 rings (SSSR count). The molecule has 0 aliphatic carbocycles. The number of imide groups is 1. The minimum absolute atomic E-state index is 0.238. The van der Waals surface area contributed by atoms with Crippen molar-refractivity contribution in [2.45, 2.75) is 13.0 Å². The summed E-state index contributed by atoms with van der Waals surface area (Å²) in [4.78, 5) is 50.4. The third-order valence-electron chi connectivity index (χ3n) is 5.39. The first-order chi connectivity index (χ1) is 15.4. The van der Waals surface area contributed by atoms with Gasteiger partial charge in [-0.05, 0) is 47.9 Å². The van der Waals surface area contributed by atoms with Crippen molar-refractivity contribution in [2.24, 2.45) is 5.73 Å². The number of benzene rings is 3. The molecule has 160 valence electrons. The molecule has 0 saturated carbocycles. The predicted molar refractivity (Wildman–Crippen MR) is 118 cm³/mol. The Labute approximate surface area is 184 Å². The summed E-state index contributed by atoms with van der Waals surface area (Å²) < 4.78 is 0. The van der Waals surface area contributed by atoms with E-state index in [1.165, 1.54) is 23.1 Å². The lowest BCUT2D eigenvalue weighted by Gasteiger charge is -2.13. The van der Waals surface area contributed by atoms with Crippen molar-refractivity contribution in [3.05, 3.63) is 106 Å². The summed E-state index contributed by atoms with van der Waals surface area (Å²) in [6, 6.07) is 20.7. The SMILES string of the molecule is NC(=O)c1ccc(CNC(=O)c2ccc3c(c2)C(=O)N(CCc2ccccc2)C3=O)cc1. The number of fused-ring (bicyclic) bond motifs is 1. The fraction of sp³-hybridized carbons (Fsp3) is 0.120. The van der Waals surface area contributed by atoms with Crippen LogP contribution in [-0.2, 0) is 13.0 Å². The first-order valence-corrected chi connectivity index (χ1v) is 10.1. The number of carbonyl (C=O) groups is 4. The summed E-state index contributed by atoms with van der Waals surface area (Å²) in [6.45, 7) is 0.518. The third kappa shape index (κ3) is 4.27. The topological polar surface area (TPSA) is 110 Å². The molecule has 7 nitrogen and oxygen atoms in total. The largest absolute Gasteiger partial charge is 0.366 e. The molecule has 32 heavy (non-hydrogen) atoms. The van der Waals surface area contributed by atoms with Gasteiger partial charge in [0, 0.05) is 24.2 Å². The second-order valence-electron chi connectivity index (χ2n) is 7.50. The number of primary amides is 1. The Balaban J connectivity index is 1.42. The highest BCUT2D eigenvalue weighted by atomic mass is 16.2. The number of rotatable bonds is 7. The Morgan fingerprint density at radius 3 is 2.12 bits per heavy atom. The number of nitrogens with two attached hydrogens (primary N) is 1. The normalized spacial score (nSPS) is 12.6. The van der Waals surface area contributed by atoms with Crippen LogP contribution in [0.2, 0.25) is 0 Å². The molecular formula is C25H21N3O4. The number of carbonyl (C=O) groups excluding carboxylic acids is 4. The molecule has 0 saturated heterocycles. The number of nitrogens with one attached hydrogen (secondary N) is 1. The Morgan fingerprint density at radius 1 is 0.781 bits per heavy atom. The van der Waals surface area contributed by atoms with Gasteiger partial charge in [-0.2, -0.15) is 0 Å². The van der Waals surface area contributed by atoms with E-state index in [1.54, 1.807) is 24.3 Å². The monoisotopic (exact) mass is 427 g/mol. The Morgan fingerprint density at radius 2 is 1.44 bits per heavy atom. The Bertz CT molecular complexity index is 1200. The van der Waals surface area contributed by atoms with Crippen LogP contribution < -0.4 is 11.1 Å². The number of amides is 4. The molecular weight excluding hydrogens is 406 g/mol. The maximum atomic E-state index is 12.8. The summed E-state index contributed by atoms with van der Waals surface area (Å²) in [5.41, 5.74) is 8.28. The summed E-state index contributed by atoms with van der Waals surface area (Å²) in [5, 5.41) is 2.77. The van der Waals surface area contributed by atoms with Crippen molar-refractivity contribution in [3.63, 3.8) is 0 Å². The van der Waals surface area contributed by atoms with Crippen LogP contribution in [0, 0.1) is 0 Å². The molecule has 1 aliphatic rings. The van der Waals surface area contributed by atoms with E-state index >= 15 is 0 Å². The maximum Gasteiger partial charge on any atom is 0.261 e. The van der Waals surface area contributed by atoms with E-state index in [0.717, 1.165) is 11.1 Å². The average molecular weight is 427 g/mol. The number of nitrogens with zero attached hydrogens (tertiary/aromatic N) is 1. The van der Waals surface area contributed by atoms with Crippen molar-refractivity contribution < 1.29 is 19.2 Å². The van der Waals surface area contributed by atoms with Gasteiger partial charge in [0.05, 0.1) is 11.1 Å². The van der Waals surface area contributed by atoms with Crippen molar-refractivity contribution in [1.29, 1.82) is 0 Å². The standard InChI is InChI=1S/C25H21N3O4/c26-22(29)18-8-6-17(7-9-18)15-27-23(30)19-10-11-20-21(14-19)25(32)28(24(20)31)13-12-16-4-2-1-3-5-16/h1-11,14H,12-13,15H2,(H2,26,29)(H,27,30). The van der Waals surface area contributed by atoms with E-state index in [2.05, 4.69) is 5.32 Å². The minimum atomic E-state index is -0.518. The second kappa shape index (κ2) is 8.85. The van der Waals surface area contributed by atoms with Gasteiger partial charge in [0.15, 0.2) is 0 Å². The van der Waals surface area contributed by atoms with Crippen LogP contribution in [0.4, 0.5) is 0 Å². The summed E-state index contributed by atoms with van der Waals surface area (Å²) in [5.74, 6) is -1.62.